The van der Waals surface area contributed by atoms with Gasteiger partial charge in [-0.15, -0.1) is 0 Å². The van der Waals surface area contributed by atoms with Crippen molar-refractivity contribution < 1.29 is 0 Å². The van der Waals surface area contributed by atoms with E-state index in [1.54, 1.807) is 0 Å². The van der Waals surface area contributed by atoms with E-state index in [4.69, 9.17) is 0 Å². The number of benzene rings is 1. The van der Waals surface area contributed by atoms with Crippen molar-refractivity contribution in [3.8, 4) is 0 Å². The van der Waals surface area contributed by atoms with Gasteiger partial charge in [-0.3, -0.25) is 0 Å². The summed E-state index contributed by atoms with van der Waals surface area (Å²) >= 11 is 0. The van der Waals surface area contributed by atoms with E-state index in [-0.39, 0.29) is 0 Å². The van der Waals surface area contributed by atoms with Crippen molar-refractivity contribution in [3.05, 3.63) is 41.8 Å². The van der Waals surface area contributed by atoms with Crippen LogP contribution in [0.1, 0.15) is 43.9 Å². The summed E-state index contributed by atoms with van der Waals surface area (Å²) in [6.45, 7) is 10.8. The van der Waals surface area contributed by atoms with Crippen molar-refractivity contribution in [2.24, 2.45) is 5.92 Å². The topological polar surface area (TPSA) is 0 Å². The summed E-state index contributed by atoms with van der Waals surface area (Å²) in [6.07, 6.45) is 3.55. The molecule has 0 heteroatoms. The normalized spacial score (nSPS) is 10.9. The molecule has 0 aromatic heterocycles. The van der Waals surface area contributed by atoms with E-state index in [2.05, 4.69) is 45.9 Å². The van der Waals surface area contributed by atoms with Gasteiger partial charge in [0.25, 0.3) is 0 Å². The second-order valence-electron chi connectivity index (χ2n) is 4.51. The molecule has 0 unspecified atom stereocenters. The quantitative estimate of drug-likeness (QED) is 0.671. The largest absolute Gasteiger partial charge is 0.0651 e. The molecular formula is C14H21. The van der Waals surface area contributed by atoms with E-state index in [1.807, 2.05) is 0 Å². The van der Waals surface area contributed by atoms with Gasteiger partial charge in [-0.05, 0) is 42.4 Å². The van der Waals surface area contributed by atoms with E-state index in [0.717, 1.165) is 11.5 Å². The van der Waals surface area contributed by atoms with Gasteiger partial charge in [-0.25, -0.2) is 0 Å². The Morgan fingerprint density at radius 3 is 2.36 bits per heavy atom. The molecule has 0 aliphatic rings. The van der Waals surface area contributed by atoms with Gasteiger partial charge in [0.1, 0.15) is 0 Å². The highest BCUT2D eigenvalue weighted by molar-refractivity contribution is 5.32. The van der Waals surface area contributed by atoms with Crippen LogP contribution in [0.4, 0.5) is 0 Å². The Kier molecular flexibility index (Phi) is 4.19. The zero-order valence-electron chi connectivity index (χ0n) is 9.64. The minimum Gasteiger partial charge on any atom is -0.0651 e. The molecule has 0 nitrogen and oxygen atoms in total. The molecule has 0 aliphatic heterocycles. The van der Waals surface area contributed by atoms with Gasteiger partial charge in [0.15, 0.2) is 0 Å². The standard InChI is InChI=1S/C14H21/c1-5-6-13-8-12(4)9-14(10-13)7-11(2)3/h8-11H,4-7H2,1-3H3. The minimum absolute atomic E-state index is 0.728. The third-order valence-corrected chi connectivity index (χ3v) is 2.29. The van der Waals surface area contributed by atoms with Gasteiger partial charge in [-0.1, -0.05) is 45.4 Å². The molecule has 0 fully saturated rings. The average molecular weight is 189 g/mol. The van der Waals surface area contributed by atoms with Crippen LogP contribution in [-0.4, -0.2) is 0 Å². The SMILES string of the molecule is [CH2]c1cc(CCC)cc(CC(C)C)c1. The van der Waals surface area contributed by atoms with Crippen molar-refractivity contribution in [1.29, 1.82) is 0 Å². The summed E-state index contributed by atoms with van der Waals surface area (Å²) in [6, 6.07) is 6.74. The number of hydrogen-bond donors (Lipinski definition) is 0. The summed E-state index contributed by atoms with van der Waals surface area (Å²) in [5, 5.41) is 0. The molecule has 14 heavy (non-hydrogen) atoms. The Labute approximate surface area is 88.4 Å². The molecule has 0 bridgehead atoms. The lowest BCUT2D eigenvalue weighted by Crippen LogP contribution is -1.96. The Hall–Kier alpha value is -0.780. The molecule has 1 aromatic rings. The molecule has 1 radical (unpaired) electrons. The summed E-state index contributed by atoms with van der Waals surface area (Å²) in [4.78, 5) is 0. The van der Waals surface area contributed by atoms with E-state index in [0.29, 0.717) is 0 Å². The second-order valence-corrected chi connectivity index (χ2v) is 4.51. The van der Waals surface area contributed by atoms with Gasteiger partial charge >= 0.3 is 0 Å². The molecule has 0 saturated heterocycles. The lowest BCUT2D eigenvalue weighted by molar-refractivity contribution is 0.646. The predicted molar refractivity (Wildman–Crippen MR) is 63.4 cm³/mol. The van der Waals surface area contributed by atoms with Gasteiger partial charge in [0, 0.05) is 0 Å². The zero-order valence-corrected chi connectivity index (χ0v) is 9.64. The Balaban J connectivity index is 2.83. The van der Waals surface area contributed by atoms with Crippen LogP contribution in [0.3, 0.4) is 0 Å². The van der Waals surface area contributed by atoms with Crippen LogP contribution in [-0.2, 0) is 12.8 Å². The monoisotopic (exact) mass is 189 g/mol. The second kappa shape index (κ2) is 5.19. The van der Waals surface area contributed by atoms with Crippen molar-refractivity contribution >= 4 is 0 Å². The van der Waals surface area contributed by atoms with Crippen LogP contribution >= 0.6 is 0 Å². The third kappa shape index (κ3) is 3.53. The van der Waals surface area contributed by atoms with E-state index in [9.17, 15) is 0 Å². The maximum atomic E-state index is 4.03. The molecule has 0 atom stereocenters. The van der Waals surface area contributed by atoms with Gasteiger partial charge in [0.05, 0.1) is 0 Å². The van der Waals surface area contributed by atoms with Crippen molar-refractivity contribution in [2.45, 2.75) is 40.0 Å². The van der Waals surface area contributed by atoms with Crippen LogP contribution in [0.5, 0.6) is 0 Å². The highest BCUT2D eigenvalue weighted by Crippen LogP contribution is 2.14. The number of rotatable bonds is 4. The fraction of sp³-hybridized carbons (Fsp3) is 0.500. The van der Waals surface area contributed by atoms with Crippen LogP contribution in [0.15, 0.2) is 18.2 Å². The Morgan fingerprint density at radius 2 is 1.79 bits per heavy atom. The van der Waals surface area contributed by atoms with Gasteiger partial charge < -0.3 is 0 Å². The van der Waals surface area contributed by atoms with Crippen LogP contribution in [0, 0.1) is 12.8 Å². The number of hydrogen-bond acceptors (Lipinski definition) is 0. The maximum absolute atomic E-state index is 4.03. The van der Waals surface area contributed by atoms with E-state index < -0.39 is 0 Å². The molecule has 1 rings (SSSR count). The fourth-order valence-corrected chi connectivity index (χ4v) is 1.86. The molecule has 0 heterocycles. The first-order chi connectivity index (χ1) is 6.61. The predicted octanol–water partition coefficient (Wildman–Crippen LogP) is 4.02. The lowest BCUT2D eigenvalue weighted by Gasteiger charge is -2.08. The van der Waals surface area contributed by atoms with E-state index >= 15 is 0 Å². The van der Waals surface area contributed by atoms with Crippen LogP contribution < -0.4 is 0 Å². The minimum atomic E-state index is 0.728. The summed E-state index contributed by atoms with van der Waals surface area (Å²) < 4.78 is 0. The Morgan fingerprint density at radius 1 is 1.14 bits per heavy atom. The highest BCUT2D eigenvalue weighted by atomic mass is 14.1. The maximum Gasteiger partial charge on any atom is -0.0238 e. The van der Waals surface area contributed by atoms with Gasteiger partial charge in [-0.2, -0.15) is 0 Å². The van der Waals surface area contributed by atoms with Crippen molar-refractivity contribution in [1.82, 2.24) is 0 Å². The molecule has 77 valence electrons. The van der Waals surface area contributed by atoms with Gasteiger partial charge in [0.2, 0.25) is 0 Å². The molecule has 0 saturated carbocycles. The van der Waals surface area contributed by atoms with Crippen LogP contribution in [0.25, 0.3) is 0 Å². The number of aryl methyl sites for hydroxylation is 1. The van der Waals surface area contributed by atoms with Crippen molar-refractivity contribution in [2.75, 3.05) is 0 Å². The third-order valence-electron chi connectivity index (χ3n) is 2.29. The lowest BCUT2D eigenvalue weighted by atomic mass is 9.97. The molecule has 0 amide bonds. The Bertz CT molecular complexity index is 284. The fourth-order valence-electron chi connectivity index (χ4n) is 1.86. The first kappa shape index (κ1) is 11.3. The molecular weight excluding hydrogens is 168 g/mol. The molecule has 0 spiro atoms. The smallest absolute Gasteiger partial charge is 0.0238 e. The first-order valence-electron chi connectivity index (χ1n) is 5.56. The van der Waals surface area contributed by atoms with Crippen molar-refractivity contribution in [3.63, 3.8) is 0 Å². The molecule has 1 aromatic carbocycles. The van der Waals surface area contributed by atoms with Crippen LogP contribution in [0.2, 0.25) is 0 Å². The van der Waals surface area contributed by atoms with E-state index in [1.165, 1.54) is 30.4 Å². The highest BCUT2D eigenvalue weighted by Gasteiger charge is 2.00. The summed E-state index contributed by atoms with van der Waals surface area (Å²) in [5.41, 5.74) is 4.04. The first-order valence-corrected chi connectivity index (χ1v) is 5.56. The summed E-state index contributed by atoms with van der Waals surface area (Å²) in [7, 11) is 0. The summed E-state index contributed by atoms with van der Waals surface area (Å²) in [5.74, 6) is 0.728. The average Bonchev–Trinajstić information content (AvgIpc) is 2.01. The molecule has 0 N–H and O–H groups in total. The zero-order chi connectivity index (χ0) is 10.6. The molecule has 0 aliphatic carbocycles.